The summed E-state index contributed by atoms with van der Waals surface area (Å²) < 4.78 is 4.47. The molecule has 2 N–H and O–H groups in total. The highest BCUT2D eigenvalue weighted by Crippen LogP contribution is 2.18. The average molecular weight is 201 g/mol. The number of carbonyl (C=O) groups excluding carboxylic acids is 1. The third-order valence-electron chi connectivity index (χ3n) is 1.58. The summed E-state index contributed by atoms with van der Waals surface area (Å²) in [6.07, 6.45) is 1.52. The maximum atomic E-state index is 11.0. The van der Waals surface area contributed by atoms with Crippen LogP contribution in [0.1, 0.15) is 11.6 Å². The van der Waals surface area contributed by atoms with E-state index in [0.717, 1.165) is 0 Å². The molecule has 0 aliphatic heterocycles. The van der Waals surface area contributed by atoms with Crippen molar-refractivity contribution in [3.8, 4) is 0 Å². The number of pyridine rings is 1. The molecule has 0 fully saturated rings. The van der Waals surface area contributed by atoms with E-state index in [0.29, 0.717) is 5.56 Å². The second-order valence-corrected chi connectivity index (χ2v) is 2.74. The van der Waals surface area contributed by atoms with Gasteiger partial charge in [-0.15, -0.1) is 0 Å². The van der Waals surface area contributed by atoms with Crippen LogP contribution in [0.5, 0.6) is 0 Å². The molecule has 0 saturated heterocycles. The number of halogens is 1. The van der Waals surface area contributed by atoms with Gasteiger partial charge in [-0.3, -0.25) is 4.79 Å². The van der Waals surface area contributed by atoms with Gasteiger partial charge in [0.2, 0.25) is 0 Å². The lowest BCUT2D eigenvalue weighted by Crippen LogP contribution is -2.23. The Morgan fingerprint density at radius 1 is 1.77 bits per heavy atom. The van der Waals surface area contributed by atoms with Gasteiger partial charge >= 0.3 is 5.97 Å². The molecule has 1 rings (SSSR count). The molecule has 70 valence electrons. The Bertz CT molecular complexity index is 317. The molecule has 0 amide bonds. The molecule has 0 spiro atoms. The molecule has 0 aromatic carbocycles. The normalized spacial score (nSPS) is 12.2. The Hall–Kier alpha value is -1.13. The number of ether oxygens (including phenoxy) is 1. The van der Waals surface area contributed by atoms with Crippen LogP contribution in [-0.2, 0) is 9.53 Å². The molecule has 5 heteroatoms. The van der Waals surface area contributed by atoms with Crippen molar-refractivity contribution in [2.75, 3.05) is 7.11 Å². The number of esters is 1. The highest BCUT2D eigenvalue weighted by Gasteiger charge is 2.18. The minimum absolute atomic E-state index is 0.223. The van der Waals surface area contributed by atoms with Gasteiger partial charge in [-0.25, -0.2) is 4.98 Å². The minimum atomic E-state index is -0.869. The van der Waals surface area contributed by atoms with Crippen molar-refractivity contribution in [3.05, 3.63) is 29.0 Å². The SMILES string of the molecule is COC(=O)[C@H](N)c1cccnc1Cl. The summed E-state index contributed by atoms with van der Waals surface area (Å²) in [5.41, 5.74) is 6.02. The zero-order valence-corrected chi connectivity index (χ0v) is 7.78. The lowest BCUT2D eigenvalue weighted by atomic mass is 10.1. The molecule has 1 aromatic heterocycles. The van der Waals surface area contributed by atoms with E-state index in [2.05, 4.69) is 9.72 Å². The maximum absolute atomic E-state index is 11.0. The molecule has 4 nitrogen and oxygen atoms in total. The number of nitrogens with two attached hydrogens (primary N) is 1. The van der Waals surface area contributed by atoms with Crippen LogP contribution in [-0.4, -0.2) is 18.1 Å². The summed E-state index contributed by atoms with van der Waals surface area (Å²) in [5.74, 6) is -0.532. The van der Waals surface area contributed by atoms with Gasteiger partial charge in [0.05, 0.1) is 7.11 Å². The van der Waals surface area contributed by atoms with Crippen LogP contribution < -0.4 is 5.73 Å². The monoisotopic (exact) mass is 200 g/mol. The Balaban J connectivity index is 2.95. The van der Waals surface area contributed by atoms with Crippen LogP contribution in [0.4, 0.5) is 0 Å². The van der Waals surface area contributed by atoms with Gasteiger partial charge in [-0.2, -0.15) is 0 Å². The van der Waals surface area contributed by atoms with Crippen molar-refractivity contribution in [2.24, 2.45) is 5.73 Å². The second-order valence-electron chi connectivity index (χ2n) is 2.38. The number of rotatable bonds is 2. The van der Waals surface area contributed by atoms with Gasteiger partial charge in [0.25, 0.3) is 0 Å². The summed E-state index contributed by atoms with van der Waals surface area (Å²) in [5, 5.41) is 0.223. The van der Waals surface area contributed by atoms with E-state index in [1.54, 1.807) is 12.1 Å². The van der Waals surface area contributed by atoms with Crippen molar-refractivity contribution in [1.29, 1.82) is 0 Å². The minimum Gasteiger partial charge on any atom is -0.468 e. The van der Waals surface area contributed by atoms with E-state index >= 15 is 0 Å². The fraction of sp³-hybridized carbons (Fsp3) is 0.250. The van der Waals surface area contributed by atoms with Gasteiger partial charge in [0.1, 0.15) is 11.2 Å². The molecular weight excluding hydrogens is 192 g/mol. The zero-order chi connectivity index (χ0) is 9.84. The second kappa shape index (κ2) is 4.20. The lowest BCUT2D eigenvalue weighted by Gasteiger charge is -2.09. The molecule has 0 radical (unpaired) electrons. The summed E-state index contributed by atoms with van der Waals surface area (Å²) in [6, 6.07) is 2.42. The number of hydrogen-bond acceptors (Lipinski definition) is 4. The third kappa shape index (κ3) is 2.17. The molecule has 0 bridgehead atoms. The van der Waals surface area contributed by atoms with Gasteiger partial charge in [-0.05, 0) is 6.07 Å². The Morgan fingerprint density at radius 2 is 2.46 bits per heavy atom. The molecule has 0 unspecified atom stereocenters. The molecule has 1 heterocycles. The first kappa shape index (κ1) is 9.95. The first-order valence-corrected chi connectivity index (χ1v) is 3.98. The summed E-state index contributed by atoms with van der Waals surface area (Å²) >= 11 is 5.72. The number of methoxy groups -OCH3 is 1. The van der Waals surface area contributed by atoms with Crippen molar-refractivity contribution in [2.45, 2.75) is 6.04 Å². The summed E-state index contributed by atoms with van der Waals surface area (Å²) in [6.45, 7) is 0. The summed E-state index contributed by atoms with van der Waals surface area (Å²) in [4.78, 5) is 14.8. The maximum Gasteiger partial charge on any atom is 0.327 e. The van der Waals surface area contributed by atoms with Crippen molar-refractivity contribution in [1.82, 2.24) is 4.98 Å². The standard InChI is InChI=1S/C8H9ClN2O2/c1-13-8(12)6(10)5-3-2-4-11-7(5)9/h2-4,6H,10H2,1H3/t6-/m1/s1. The highest BCUT2D eigenvalue weighted by atomic mass is 35.5. The third-order valence-corrected chi connectivity index (χ3v) is 1.89. The van der Waals surface area contributed by atoms with Crippen molar-refractivity contribution >= 4 is 17.6 Å². The number of nitrogens with zero attached hydrogens (tertiary/aromatic N) is 1. The first-order chi connectivity index (χ1) is 6.16. The van der Waals surface area contributed by atoms with Crippen LogP contribution in [0, 0.1) is 0 Å². The molecule has 13 heavy (non-hydrogen) atoms. The number of hydrogen-bond donors (Lipinski definition) is 1. The van der Waals surface area contributed by atoms with Crippen LogP contribution in [0.2, 0.25) is 5.15 Å². The number of carbonyl (C=O) groups is 1. The highest BCUT2D eigenvalue weighted by molar-refractivity contribution is 6.30. The van der Waals surface area contributed by atoms with Crippen molar-refractivity contribution < 1.29 is 9.53 Å². The van der Waals surface area contributed by atoms with Gasteiger partial charge in [0, 0.05) is 11.8 Å². The Kier molecular flexibility index (Phi) is 3.22. The largest absolute Gasteiger partial charge is 0.468 e. The Labute approximate surface area is 80.7 Å². The summed E-state index contributed by atoms with van der Waals surface area (Å²) in [7, 11) is 1.27. The lowest BCUT2D eigenvalue weighted by molar-refractivity contribution is -0.142. The van der Waals surface area contributed by atoms with Gasteiger partial charge in [-0.1, -0.05) is 17.7 Å². The van der Waals surface area contributed by atoms with E-state index in [1.807, 2.05) is 0 Å². The topological polar surface area (TPSA) is 65.2 Å². The Morgan fingerprint density at radius 3 is 3.00 bits per heavy atom. The van der Waals surface area contributed by atoms with E-state index in [9.17, 15) is 4.79 Å². The zero-order valence-electron chi connectivity index (χ0n) is 7.03. The smallest absolute Gasteiger partial charge is 0.327 e. The van der Waals surface area contributed by atoms with Gasteiger partial charge in [0.15, 0.2) is 0 Å². The van der Waals surface area contributed by atoms with Crippen LogP contribution >= 0.6 is 11.6 Å². The number of aromatic nitrogens is 1. The van der Waals surface area contributed by atoms with E-state index in [-0.39, 0.29) is 5.15 Å². The van der Waals surface area contributed by atoms with Crippen molar-refractivity contribution in [3.63, 3.8) is 0 Å². The van der Waals surface area contributed by atoms with E-state index < -0.39 is 12.0 Å². The van der Waals surface area contributed by atoms with Crippen LogP contribution in [0.25, 0.3) is 0 Å². The van der Waals surface area contributed by atoms with Crippen LogP contribution in [0.3, 0.4) is 0 Å². The predicted octanol–water partition coefficient (Wildman–Crippen LogP) is 0.908. The quantitative estimate of drug-likeness (QED) is 0.569. The van der Waals surface area contributed by atoms with Gasteiger partial charge < -0.3 is 10.5 Å². The molecule has 1 atom stereocenters. The average Bonchev–Trinajstić information content (AvgIpc) is 2.16. The fourth-order valence-corrected chi connectivity index (χ4v) is 1.12. The van der Waals surface area contributed by atoms with Crippen LogP contribution in [0.15, 0.2) is 18.3 Å². The predicted molar refractivity (Wildman–Crippen MR) is 48.2 cm³/mol. The molecule has 1 aromatic rings. The van der Waals surface area contributed by atoms with E-state index in [1.165, 1.54) is 13.3 Å². The van der Waals surface area contributed by atoms with E-state index in [4.69, 9.17) is 17.3 Å². The molecule has 0 aliphatic rings. The first-order valence-electron chi connectivity index (χ1n) is 3.60. The molecule has 0 saturated carbocycles. The molecule has 0 aliphatic carbocycles. The fourth-order valence-electron chi connectivity index (χ4n) is 0.884. The molecular formula is C8H9ClN2O2.